The number of rotatable bonds is 29. The van der Waals surface area contributed by atoms with Gasteiger partial charge in [0.05, 0.1) is 47.7 Å². The summed E-state index contributed by atoms with van der Waals surface area (Å²) in [6.07, 6.45) is 17.4. The highest BCUT2D eigenvalue weighted by Gasteiger charge is 2.35. The minimum atomic E-state index is -0.684. The summed E-state index contributed by atoms with van der Waals surface area (Å²) in [6.45, 7) is 14.8. The average molecular weight is 798 g/mol. The zero-order valence-electron chi connectivity index (χ0n) is 38.8. The minimum absolute atomic E-state index is 0.0256. The molecule has 57 heavy (non-hydrogen) atoms. The number of carbonyl (C=O) groups excluding carboxylic acids is 1. The number of unbranched alkanes of at least 4 members (excludes halogenated alkanes) is 4. The largest absolute Gasteiger partial charge is 0.481 e. The van der Waals surface area contributed by atoms with Crippen molar-refractivity contribution in [2.75, 3.05) is 81.6 Å². The van der Waals surface area contributed by atoms with Gasteiger partial charge >= 0.3 is 5.97 Å². The van der Waals surface area contributed by atoms with E-state index in [-0.39, 0.29) is 17.3 Å². The van der Waals surface area contributed by atoms with Crippen LogP contribution in [-0.2, 0) is 20.4 Å². The number of aliphatic carboxylic acids is 1. The molecule has 0 unspecified atom stereocenters. The number of quaternary nitrogens is 2. The van der Waals surface area contributed by atoms with E-state index in [0.29, 0.717) is 12.3 Å². The van der Waals surface area contributed by atoms with Crippen LogP contribution in [0.5, 0.6) is 0 Å². The Morgan fingerprint density at radius 3 is 1.23 bits per heavy atom. The van der Waals surface area contributed by atoms with Crippen LogP contribution in [0.25, 0.3) is 0 Å². The van der Waals surface area contributed by atoms with E-state index in [9.17, 15) is 14.7 Å². The summed E-state index contributed by atoms with van der Waals surface area (Å²) in [6, 6.07) is 21.1. The third-order valence-electron chi connectivity index (χ3n) is 11.2. The fourth-order valence-corrected chi connectivity index (χ4v) is 7.74. The Morgan fingerprint density at radius 1 is 0.579 bits per heavy atom. The molecule has 0 atom stereocenters. The highest BCUT2D eigenvalue weighted by Crippen LogP contribution is 2.40. The molecule has 8 nitrogen and oxygen atoms in total. The molecule has 0 fully saturated rings. The Hall–Kier alpha value is -2.78. The van der Waals surface area contributed by atoms with Crippen LogP contribution in [0.15, 0.2) is 60.7 Å². The zero-order valence-corrected chi connectivity index (χ0v) is 38.8. The molecular formula is C49H91N5O3+2. The third kappa shape index (κ3) is 24.7. The number of nitrogens with two attached hydrogens (primary N) is 1. The van der Waals surface area contributed by atoms with E-state index in [1.165, 1.54) is 46.6 Å². The van der Waals surface area contributed by atoms with E-state index >= 15 is 0 Å². The molecule has 0 heterocycles. The van der Waals surface area contributed by atoms with Crippen LogP contribution in [0.2, 0.25) is 0 Å². The smallest absolute Gasteiger partial charge is 0.304 e. The highest BCUT2D eigenvalue weighted by atomic mass is 16.4. The first-order valence-corrected chi connectivity index (χ1v) is 22.8. The number of carboxylic acid groups (broad SMARTS) is 1. The molecule has 0 bridgehead atoms. The van der Waals surface area contributed by atoms with Crippen LogP contribution in [0.3, 0.4) is 0 Å². The lowest BCUT2D eigenvalue weighted by molar-refractivity contribution is -0.858. The second-order valence-electron chi connectivity index (χ2n) is 17.4. The van der Waals surface area contributed by atoms with E-state index in [2.05, 4.69) is 122 Å². The van der Waals surface area contributed by atoms with Crippen LogP contribution in [0.4, 0.5) is 0 Å². The monoisotopic (exact) mass is 798 g/mol. The molecule has 0 saturated carbocycles. The Labute approximate surface area is 351 Å². The fraction of sp³-hybridized carbons (Fsp3) is 0.714. The van der Waals surface area contributed by atoms with Crippen molar-refractivity contribution in [2.45, 2.75) is 148 Å². The molecule has 8 heteroatoms. The molecule has 0 aromatic heterocycles. The van der Waals surface area contributed by atoms with Crippen LogP contribution in [0, 0.1) is 0 Å². The molecule has 1 amide bonds. The van der Waals surface area contributed by atoms with Gasteiger partial charge in [0.25, 0.3) is 0 Å². The second kappa shape index (κ2) is 33.1. The summed E-state index contributed by atoms with van der Waals surface area (Å²) in [5.41, 5.74) is 7.60. The molecular weight excluding hydrogens is 707 g/mol. The van der Waals surface area contributed by atoms with Crippen LogP contribution < -0.4 is 15.5 Å². The molecule has 0 saturated heterocycles. The van der Waals surface area contributed by atoms with Gasteiger partial charge in [0.15, 0.2) is 0 Å². The van der Waals surface area contributed by atoms with Crippen molar-refractivity contribution in [3.8, 4) is 0 Å². The number of nitrogens with zero attached hydrogens (tertiary/aromatic N) is 2. The van der Waals surface area contributed by atoms with Crippen LogP contribution in [-0.4, -0.2) is 108 Å². The first-order chi connectivity index (χ1) is 27.3. The third-order valence-corrected chi connectivity index (χ3v) is 11.2. The van der Waals surface area contributed by atoms with Crippen LogP contribution in [0.1, 0.15) is 148 Å². The molecule has 5 N–H and O–H groups in total. The van der Waals surface area contributed by atoms with Gasteiger partial charge < -0.3 is 30.4 Å². The zero-order chi connectivity index (χ0) is 43.0. The Bertz CT molecular complexity index is 1210. The summed E-state index contributed by atoms with van der Waals surface area (Å²) >= 11 is 0. The second-order valence-corrected chi connectivity index (χ2v) is 17.4. The molecule has 0 aliphatic heterocycles. The first kappa shape index (κ1) is 54.2. The number of carboxylic acids is 1. The fourth-order valence-electron chi connectivity index (χ4n) is 7.74. The summed E-state index contributed by atoms with van der Waals surface area (Å²) in [4.78, 5) is 32.3. The van der Waals surface area contributed by atoms with Gasteiger partial charge in [-0.15, -0.1) is 0 Å². The maximum absolute atomic E-state index is 13.7. The van der Waals surface area contributed by atoms with Crippen molar-refractivity contribution in [3.05, 3.63) is 71.8 Å². The molecule has 2 aromatic rings. The Balaban J connectivity index is 0.00000101. The van der Waals surface area contributed by atoms with Gasteiger partial charge in [0.2, 0.25) is 5.91 Å². The summed E-state index contributed by atoms with van der Waals surface area (Å²) in [5.74, 6) is -0.324. The maximum atomic E-state index is 13.7. The van der Waals surface area contributed by atoms with Gasteiger partial charge in [0.1, 0.15) is 0 Å². The van der Waals surface area contributed by atoms with Crippen molar-refractivity contribution < 1.29 is 24.5 Å². The SMILES string of the molecule is CCCCC(CCCC)(CC(=O)N(CCC[NH+](C)C)CCC[NH+](C)C)c1ccccc1.CCCCC(CCCC)(CC(=O)O)c1ccccc1.CN(C)CCCN. The molecule has 0 spiro atoms. The molecule has 2 rings (SSSR count). The predicted octanol–water partition coefficient (Wildman–Crippen LogP) is 7.27. The lowest BCUT2D eigenvalue weighted by atomic mass is 9.70. The number of hydrogen-bond acceptors (Lipinski definition) is 4. The molecule has 0 aliphatic rings. The Morgan fingerprint density at radius 2 is 0.947 bits per heavy atom. The highest BCUT2D eigenvalue weighted by molar-refractivity contribution is 5.78. The quantitative estimate of drug-likeness (QED) is 0.0696. The van der Waals surface area contributed by atoms with Crippen molar-refractivity contribution in [2.24, 2.45) is 5.73 Å². The molecule has 0 radical (unpaired) electrons. The van der Waals surface area contributed by atoms with Crippen molar-refractivity contribution >= 4 is 11.9 Å². The number of nitrogens with one attached hydrogen (secondary N) is 2. The topological polar surface area (TPSA) is 95.8 Å². The summed E-state index contributed by atoms with van der Waals surface area (Å²) in [7, 11) is 12.9. The lowest BCUT2D eigenvalue weighted by Crippen LogP contribution is -3.05. The number of amides is 1. The number of carbonyl (C=O) groups is 2. The van der Waals surface area contributed by atoms with Gasteiger partial charge in [-0.25, -0.2) is 0 Å². The standard InChI is InChI=1S/C27H49N3O.C17H26O2.C5H14N2/c1-7-9-18-27(19-10-8-2,25-16-12-11-13-17-25)24-26(31)30(22-14-20-28(3)4)23-15-21-29(5)6;1-3-5-12-17(13-6-4-2,14-16(18)19)15-10-8-7-9-11-15;1-7(2)5-3-4-6/h11-13,16-17H,7-10,14-15,18-24H2,1-6H3;7-11H,3-6,12-14H2,1-2H3,(H,18,19);3-6H2,1-2H3/p+2. The van der Waals surface area contributed by atoms with Gasteiger partial charge in [-0.1, -0.05) is 140 Å². The van der Waals surface area contributed by atoms with E-state index in [1.807, 2.05) is 18.2 Å². The van der Waals surface area contributed by atoms with Crippen LogP contribution >= 0.6 is 0 Å². The van der Waals surface area contributed by atoms with Crippen molar-refractivity contribution in [3.63, 3.8) is 0 Å². The molecule has 2 aromatic carbocycles. The van der Waals surface area contributed by atoms with E-state index in [1.54, 1.807) is 0 Å². The maximum Gasteiger partial charge on any atom is 0.304 e. The molecule has 328 valence electrons. The van der Waals surface area contributed by atoms with Gasteiger partial charge in [0, 0.05) is 43.2 Å². The van der Waals surface area contributed by atoms with E-state index in [0.717, 1.165) is 110 Å². The number of benzene rings is 2. The van der Waals surface area contributed by atoms with Gasteiger partial charge in [-0.2, -0.15) is 0 Å². The normalized spacial score (nSPS) is 11.6. The Kier molecular flexibility index (Phi) is 31.5. The first-order valence-electron chi connectivity index (χ1n) is 22.8. The van der Waals surface area contributed by atoms with Gasteiger partial charge in [-0.05, 0) is 70.4 Å². The molecule has 0 aliphatic carbocycles. The van der Waals surface area contributed by atoms with Crippen molar-refractivity contribution in [1.82, 2.24) is 9.80 Å². The van der Waals surface area contributed by atoms with Gasteiger partial charge in [-0.3, -0.25) is 9.59 Å². The predicted molar refractivity (Wildman–Crippen MR) is 245 cm³/mol. The summed E-state index contributed by atoms with van der Waals surface area (Å²) in [5, 5.41) is 9.31. The van der Waals surface area contributed by atoms with E-state index < -0.39 is 5.97 Å². The van der Waals surface area contributed by atoms with Crippen molar-refractivity contribution in [1.29, 1.82) is 0 Å². The average Bonchev–Trinajstić information content (AvgIpc) is 3.19. The summed E-state index contributed by atoms with van der Waals surface area (Å²) < 4.78 is 0. The number of hydrogen-bond donors (Lipinski definition) is 4. The van der Waals surface area contributed by atoms with E-state index in [4.69, 9.17) is 5.73 Å². The lowest BCUT2D eigenvalue weighted by Gasteiger charge is -2.36. The minimum Gasteiger partial charge on any atom is -0.481 e.